The van der Waals surface area contributed by atoms with Crippen molar-refractivity contribution in [2.75, 3.05) is 18.5 Å². The molecule has 1 heterocycles. The third-order valence-electron chi connectivity index (χ3n) is 1.83. The average molecular weight is 230 g/mol. The predicted octanol–water partition coefficient (Wildman–Crippen LogP) is 1.65. The smallest absolute Gasteiger partial charge is 0.224 e. The number of aryl methyl sites for hydroxylation is 1. The van der Waals surface area contributed by atoms with E-state index >= 15 is 0 Å². The molecule has 0 atom stereocenters. The molecule has 1 rings (SSSR count). The SMILES string of the molecule is Cc1cc(N(C)CC(C)(C)O)nc(Cl)n1. The highest BCUT2D eigenvalue weighted by molar-refractivity contribution is 6.28. The Balaban J connectivity index is 2.86. The first-order valence-electron chi connectivity index (χ1n) is 4.72. The fraction of sp³-hybridized carbons (Fsp3) is 0.600. The number of aromatic nitrogens is 2. The van der Waals surface area contributed by atoms with Gasteiger partial charge in [-0.05, 0) is 32.4 Å². The first-order chi connectivity index (χ1) is 6.78. The Kier molecular flexibility index (Phi) is 3.52. The first-order valence-corrected chi connectivity index (χ1v) is 5.10. The van der Waals surface area contributed by atoms with E-state index in [1.54, 1.807) is 13.8 Å². The molecule has 0 aliphatic heterocycles. The molecule has 0 spiro atoms. The van der Waals surface area contributed by atoms with Crippen LogP contribution in [0.5, 0.6) is 0 Å². The van der Waals surface area contributed by atoms with Crippen molar-refractivity contribution in [3.05, 3.63) is 17.0 Å². The predicted molar refractivity (Wildman–Crippen MR) is 61.3 cm³/mol. The fourth-order valence-corrected chi connectivity index (χ4v) is 1.59. The van der Waals surface area contributed by atoms with Crippen molar-refractivity contribution >= 4 is 17.4 Å². The number of aliphatic hydroxyl groups is 1. The van der Waals surface area contributed by atoms with Crippen LogP contribution in [-0.4, -0.2) is 34.3 Å². The van der Waals surface area contributed by atoms with Gasteiger partial charge in [0.2, 0.25) is 5.28 Å². The molecule has 4 nitrogen and oxygen atoms in total. The Bertz CT molecular complexity index is 329. The molecule has 84 valence electrons. The second kappa shape index (κ2) is 4.33. The Labute approximate surface area is 94.9 Å². The molecule has 0 aromatic carbocycles. The fourth-order valence-electron chi connectivity index (χ4n) is 1.37. The van der Waals surface area contributed by atoms with Crippen LogP contribution in [0, 0.1) is 6.92 Å². The van der Waals surface area contributed by atoms with Gasteiger partial charge in [-0.25, -0.2) is 9.97 Å². The van der Waals surface area contributed by atoms with Crippen LogP contribution >= 0.6 is 11.6 Å². The molecule has 0 unspecified atom stereocenters. The summed E-state index contributed by atoms with van der Waals surface area (Å²) in [6.07, 6.45) is 0. The van der Waals surface area contributed by atoms with Gasteiger partial charge < -0.3 is 10.0 Å². The molecular formula is C10H16ClN3O. The van der Waals surface area contributed by atoms with E-state index in [0.29, 0.717) is 6.54 Å². The monoisotopic (exact) mass is 229 g/mol. The van der Waals surface area contributed by atoms with Crippen molar-refractivity contribution in [1.82, 2.24) is 9.97 Å². The molecule has 0 fully saturated rings. The quantitative estimate of drug-likeness (QED) is 0.801. The molecule has 0 saturated carbocycles. The normalized spacial score (nSPS) is 11.6. The molecule has 0 saturated heterocycles. The molecule has 1 aromatic heterocycles. The lowest BCUT2D eigenvalue weighted by Gasteiger charge is -2.26. The van der Waals surface area contributed by atoms with Crippen molar-refractivity contribution in [3.63, 3.8) is 0 Å². The maximum absolute atomic E-state index is 9.67. The van der Waals surface area contributed by atoms with Crippen LogP contribution in [0.1, 0.15) is 19.5 Å². The highest BCUT2D eigenvalue weighted by Crippen LogP contribution is 2.15. The Hall–Kier alpha value is -0.870. The number of anilines is 1. The molecule has 5 heteroatoms. The second-order valence-corrected chi connectivity index (χ2v) is 4.64. The maximum Gasteiger partial charge on any atom is 0.224 e. The Morgan fingerprint density at radius 3 is 2.53 bits per heavy atom. The molecule has 0 bridgehead atoms. The number of likely N-dealkylation sites (N-methyl/N-ethyl adjacent to an activating group) is 1. The van der Waals surface area contributed by atoms with E-state index < -0.39 is 5.60 Å². The van der Waals surface area contributed by atoms with Crippen LogP contribution in [-0.2, 0) is 0 Å². The zero-order valence-corrected chi connectivity index (χ0v) is 10.2. The zero-order valence-electron chi connectivity index (χ0n) is 9.45. The van der Waals surface area contributed by atoms with Gasteiger partial charge in [0.05, 0.1) is 5.60 Å². The van der Waals surface area contributed by atoms with Crippen LogP contribution in [0.2, 0.25) is 5.28 Å². The summed E-state index contributed by atoms with van der Waals surface area (Å²) in [5, 5.41) is 9.90. The molecule has 0 aliphatic rings. The lowest BCUT2D eigenvalue weighted by molar-refractivity contribution is 0.0884. The van der Waals surface area contributed by atoms with Crippen LogP contribution in [0.15, 0.2) is 6.07 Å². The van der Waals surface area contributed by atoms with Gasteiger partial charge in [0, 0.05) is 25.4 Å². The van der Waals surface area contributed by atoms with Crippen molar-refractivity contribution < 1.29 is 5.11 Å². The van der Waals surface area contributed by atoms with Gasteiger partial charge in [0.1, 0.15) is 5.82 Å². The van der Waals surface area contributed by atoms with E-state index in [1.165, 1.54) is 0 Å². The summed E-state index contributed by atoms with van der Waals surface area (Å²) in [5.41, 5.74) is 0.0488. The third-order valence-corrected chi connectivity index (χ3v) is 2.00. The summed E-state index contributed by atoms with van der Waals surface area (Å²) in [5.74, 6) is 0.717. The molecule has 1 aromatic rings. The van der Waals surface area contributed by atoms with Crippen molar-refractivity contribution in [1.29, 1.82) is 0 Å². The van der Waals surface area contributed by atoms with E-state index in [1.807, 2.05) is 24.9 Å². The van der Waals surface area contributed by atoms with Crippen molar-refractivity contribution in [2.45, 2.75) is 26.4 Å². The number of nitrogens with zero attached hydrogens (tertiary/aromatic N) is 3. The van der Waals surface area contributed by atoms with Crippen molar-refractivity contribution in [3.8, 4) is 0 Å². The van der Waals surface area contributed by atoms with Crippen molar-refractivity contribution in [2.24, 2.45) is 0 Å². The van der Waals surface area contributed by atoms with Gasteiger partial charge in [-0.15, -0.1) is 0 Å². The molecule has 1 N–H and O–H groups in total. The number of halogens is 1. The van der Waals surface area contributed by atoms with E-state index in [0.717, 1.165) is 11.5 Å². The van der Waals surface area contributed by atoms with Crippen LogP contribution in [0.3, 0.4) is 0 Å². The molecule has 0 aliphatic carbocycles. The van der Waals surface area contributed by atoms with Gasteiger partial charge in [0.15, 0.2) is 0 Å². The molecule has 0 radical (unpaired) electrons. The molecule has 0 amide bonds. The van der Waals surface area contributed by atoms with E-state index in [4.69, 9.17) is 11.6 Å². The lowest BCUT2D eigenvalue weighted by atomic mass is 10.1. The molecular weight excluding hydrogens is 214 g/mol. The van der Waals surface area contributed by atoms with E-state index in [9.17, 15) is 5.11 Å². The van der Waals surface area contributed by atoms with Crippen LogP contribution in [0.25, 0.3) is 0 Å². The largest absolute Gasteiger partial charge is 0.389 e. The standard InChI is InChI=1S/C10H16ClN3O/c1-7-5-8(13-9(11)12-7)14(4)6-10(2,3)15/h5,15H,6H2,1-4H3. The van der Waals surface area contributed by atoms with Crippen LogP contribution in [0.4, 0.5) is 5.82 Å². The third kappa shape index (κ3) is 4.01. The summed E-state index contributed by atoms with van der Waals surface area (Å²) < 4.78 is 0. The zero-order chi connectivity index (χ0) is 11.6. The van der Waals surface area contributed by atoms with Gasteiger partial charge in [-0.1, -0.05) is 0 Å². The van der Waals surface area contributed by atoms with Gasteiger partial charge in [-0.3, -0.25) is 0 Å². The summed E-state index contributed by atoms with van der Waals surface area (Å²) >= 11 is 5.75. The summed E-state index contributed by atoms with van der Waals surface area (Å²) in [6, 6.07) is 1.83. The van der Waals surface area contributed by atoms with E-state index in [-0.39, 0.29) is 5.28 Å². The summed E-state index contributed by atoms with van der Waals surface area (Å²) in [7, 11) is 1.86. The minimum atomic E-state index is -0.764. The average Bonchev–Trinajstić information content (AvgIpc) is 1.98. The minimum Gasteiger partial charge on any atom is -0.389 e. The lowest BCUT2D eigenvalue weighted by Crippen LogP contribution is -2.36. The Morgan fingerprint density at radius 2 is 2.07 bits per heavy atom. The summed E-state index contributed by atoms with van der Waals surface area (Å²) in [6.45, 7) is 5.84. The van der Waals surface area contributed by atoms with E-state index in [2.05, 4.69) is 9.97 Å². The summed E-state index contributed by atoms with van der Waals surface area (Å²) in [4.78, 5) is 9.91. The van der Waals surface area contributed by atoms with Gasteiger partial charge >= 0.3 is 0 Å². The number of rotatable bonds is 3. The highest BCUT2D eigenvalue weighted by atomic mass is 35.5. The maximum atomic E-state index is 9.67. The van der Waals surface area contributed by atoms with Gasteiger partial charge in [-0.2, -0.15) is 0 Å². The highest BCUT2D eigenvalue weighted by Gasteiger charge is 2.17. The topological polar surface area (TPSA) is 49.2 Å². The second-order valence-electron chi connectivity index (χ2n) is 4.31. The van der Waals surface area contributed by atoms with Crippen LogP contribution < -0.4 is 4.90 Å². The Morgan fingerprint density at radius 1 is 1.47 bits per heavy atom. The molecule has 15 heavy (non-hydrogen) atoms. The first kappa shape index (κ1) is 12.2. The van der Waals surface area contributed by atoms with Gasteiger partial charge in [0.25, 0.3) is 0 Å². The number of hydrogen-bond donors (Lipinski definition) is 1. The number of hydrogen-bond acceptors (Lipinski definition) is 4. The minimum absolute atomic E-state index is 0.229.